The minimum atomic E-state index is -0.396. The molecule has 0 aromatic heterocycles. The van der Waals surface area contributed by atoms with Crippen molar-refractivity contribution in [2.24, 2.45) is 0 Å². The summed E-state index contributed by atoms with van der Waals surface area (Å²) in [5, 5.41) is 0. The van der Waals surface area contributed by atoms with Crippen LogP contribution in [0.3, 0.4) is 0 Å². The average molecular weight is 470 g/mol. The Morgan fingerprint density at radius 1 is 0.848 bits per heavy atom. The highest BCUT2D eigenvalue weighted by molar-refractivity contribution is 5.85. The van der Waals surface area contributed by atoms with E-state index in [9.17, 15) is 4.79 Å². The van der Waals surface area contributed by atoms with E-state index in [2.05, 4.69) is 47.4 Å². The van der Waals surface area contributed by atoms with E-state index in [0.717, 1.165) is 50.0 Å². The van der Waals surface area contributed by atoms with E-state index in [1.54, 1.807) is 0 Å². The number of hydrogen-bond acceptors (Lipinski definition) is 3. The molecule has 3 nitrogen and oxygen atoms in total. The van der Waals surface area contributed by atoms with Crippen molar-refractivity contribution >= 4 is 18.4 Å². The fourth-order valence-electron chi connectivity index (χ4n) is 5.66. The number of piperidine rings is 1. The van der Waals surface area contributed by atoms with Gasteiger partial charge < -0.3 is 9.64 Å². The van der Waals surface area contributed by atoms with E-state index >= 15 is 0 Å². The maximum absolute atomic E-state index is 13.0. The Morgan fingerprint density at radius 3 is 2.12 bits per heavy atom. The zero-order valence-corrected chi connectivity index (χ0v) is 20.7. The maximum Gasteiger partial charge on any atom is 0.316 e. The number of carbonyl (C=O) groups excluding carboxylic acids is 1. The number of halogens is 1. The summed E-state index contributed by atoms with van der Waals surface area (Å²) in [5.41, 5.74) is 2.25. The number of carbonyl (C=O) groups is 1. The monoisotopic (exact) mass is 469 g/mol. The molecule has 0 unspecified atom stereocenters. The second-order valence-corrected chi connectivity index (χ2v) is 9.73. The first-order valence-electron chi connectivity index (χ1n) is 12.8. The highest BCUT2D eigenvalue weighted by Gasteiger charge is 2.43. The third-order valence-electron chi connectivity index (χ3n) is 7.63. The molecule has 2 aliphatic rings. The highest BCUT2D eigenvalue weighted by atomic mass is 35.5. The van der Waals surface area contributed by atoms with Crippen molar-refractivity contribution in [3.05, 3.63) is 71.8 Å². The normalized spacial score (nSPS) is 18.5. The Balaban J connectivity index is 0.00000306. The summed E-state index contributed by atoms with van der Waals surface area (Å²) in [7, 11) is 0. The van der Waals surface area contributed by atoms with Crippen LogP contribution in [0.5, 0.6) is 0 Å². The fourth-order valence-corrected chi connectivity index (χ4v) is 5.66. The molecule has 33 heavy (non-hydrogen) atoms. The third kappa shape index (κ3) is 6.83. The summed E-state index contributed by atoms with van der Waals surface area (Å²) >= 11 is 0. The third-order valence-corrected chi connectivity index (χ3v) is 7.63. The fraction of sp³-hybridized carbons (Fsp3) is 0.552. The predicted molar refractivity (Wildman–Crippen MR) is 138 cm³/mol. The van der Waals surface area contributed by atoms with E-state index in [1.807, 2.05) is 18.2 Å². The van der Waals surface area contributed by atoms with Gasteiger partial charge in [0, 0.05) is 0 Å². The average Bonchev–Trinajstić information content (AvgIpc) is 3.36. The van der Waals surface area contributed by atoms with Crippen molar-refractivity contribution in [1.82, 2.24) is 4.90 Å². The molecule has 0 amide bonds. The van der Waals surface area contributed by atoms with Crippen LogP contribution in [0.25, 0.3) is 0 Å². The standard InChI is InChI=1S/C29H39NO2.ClH/c31-28(29(19-9-10-20-29)27-15-7-4-8-16-27)32-24-12-2-1-11-21-30-22-17-26(18-23-30)25-13-5-3-6-14-25;/h3-8,13-16,26H,1-2,9-12,17-24H2;1H. The molecule has 0 spiro atoms. The summed E-state index contributed by atoms with van der Waals surface area (Å²) in [6.07, 6.45) is 11.2. The molecule has 0 N–H and O–H groups in total. The Hall–Kier alpha value is -1.84. The van der Waals surface area contributed by atoms with Gasteiger partial charge in [-0.15, -0.1) is 12.4 Å². The molecule has 4 heteroatoms. The molecule has 0 bridgehead atoms. The molecular weight excluding hydrogens is 430 g/mol. The number of likely N-dealkylation sites (tertiary alicyclic amines) is 1. The van der Waals surface area contributed by atoms with Gasteiger partial charge in [0.25, 0.3) is 0 Å². The van der Waals surface area contributed by atoms with Crippen molar-refractivity contribution in [1.29, 1.82) is 0 Å². The Bertz CT molecular complexity index is 812. The van der Waals surface area contributed by atoms with Crippen molar-refractivity contribution in [2.45, 2.75) is 75.5 Å². The number of nitrogens with zero attached hydrogens (tertiary/aromatic N) is 1. The van der Waals surface area contributed by atoms with E-state index < -0.39 is 5.41 Å². The van der Waals surface area contributed by atoms with E-state index in [0.29, 0.717) is 6.61 Å². The van der Waals surface area contributed by atoms with Crippen LogP contribution < -0.4 is 0 Å². The molecule has 1 aliphatic heterocycles. The molecule has 2 fully saturated rings. The molecule has 2 aromatic rings. The van der Waals surface area contributed by atoms with Gasteiger partial charge in [0.15, 0.2) is 0 Å². The van der Waals surface area contributed by atoms with Crippen LogP contribution in [0.2, 0.25) is 0 Å². The van der Waals surface area contributed by atoms with Crippen LogP contribution in [0, 0.1) is 0 Å². The summed E-state index contributed by atoms with van der Waals surface area (Å²) < 4.78 is 5.78. The number of esters is 1. The lowest BCUT2D eigenvalue weighted by atomic mass is 9.79. The molecule has 0 radical (unpaired) electrons. The van der Waals surface area contributed by atoms with E-state index in [1.165, 1.54) is 50.9 Å². The number of hydrogen-bond donors (Lipinski definition) is 0. The second kappa shape index (κ2) is 13.2. The molecular formula is C29H40ClNO2. The van der Waals surface area contributed by atoms with Crippen molar-refractivity contribution in [3.8, 4) is 0 Å². The van der Waals surface area contributed by atoms with Crippen molar-refractivity contribution < 1.29 is 9.53 Å². The van der Waals surface area contributed by atoms with Gasteiger partial charge in [0.2, 0.25) is 0 Å². The van der Waals surface area contributed by atoms with Crippen LogP contribution >= 0.6 is 12.4 Å². The van der Waals surface area contributed by atoms with Crippen LogP contribution in [-0.4, -0.2) is 37.1 Å². The summed E-state index contributed by atoms with van der Waals surface area (Å²) in [6, 6.07) is 21.3. The number of unbranched alkanes of at least 4 members (excludes halogenated alkanes) is 3. The lowest BCUT2D eigenvalue weighted by molar-refractivity contribution is -0.150. The second-order valence-electron chi connectivity index (χ2n) is 9.73. The minimum absolute atomic E-state index is 0. The lowest BCUT2D eigenvalue weighted by Crippen LogP contribution is -2.35. The van der Waals surface area contributed by atoms with Gasteiger partial charge in [-0.05, 0) is 75.2 Å². The molecule has 1 saturated carbocycles. The number of ether oxygens (including phenoxy) is 1. The largest absolute Gasteiger partial charge is 0.465 e. The van der Waals surface area contributed by atoms with Gasteiger partial charge in [-0.25, -0.2) is 0 Å². The maximum atomic E-state index is 13.0. The van der Waals surface area contributed by atoms with E-state index in [-0.39, 0.29) is 18.4 Å². The molecule has 180 valence electrons. The first-order chi connectivity index (χ1) is 15.8. The summed E-state index contributed by atoms with van der Waals surface area (Å²) in [4.78, 5) is 15.6. The first-order valence-corrected chi connectivity index (χ1v) is 12.8. The van der Waals surface area contributed by atoms with Crippen LogP contribution in [-0.2, 0) is 14.9 Å². The first kappa shape index (κ1) is 25.8. The van der Waals surface area contributed by atoms with Gasteiger partial charge in [-0.3, -0.25) is 4.79 Å². The van der Waals surface area contributed by atoms with Crippen molar-refractivity contribution in [2.75, 3.05) is 26.2 Å². The van der Waals surface area contributed by atoms with Gasteiger partial charge in [0.1, 0.15) is 0 Å². The van der Waals surface area contributed by atoms with Gasteiger partial charge in [-0.2, -0.15) is 0 Å². The smallest absolute Gasteiger partial charge is 0.316 e. The Labute approximate surface area is 206 Å². The molecule has 1 aliphatic carbocycles. The number of benzene rings is 2. The van der Waals surface area contributed by atoms with Gasteiger partial charge >= 0.3 is 5.97 Å². The zero-order chi connectivity index (χ0) is 22.1. The lowest BCUT2D eigenvalue weighted by Gasteiger charge is -2.32. The predicted octanol–water partition coefficient (Wildman–Crippen LogP) is 6.90. The zero-order valence-electron chi connectivity index (χ0n) is 19.9. The van der Waals surface area contributed by atoms with Crippen molar-refractivity contribution in [3.63, 3.8) is 0 Å². The summed E-state index contributed by atoms with van der Waals surface area (Å²) in [6.45, 7) is 4.21. The summed E-state index contributed by atoms with van der Waals surface area (Å²) in [5.74, 6) is 0.740. The molecule has 1 heterocycles. The molecule has 0 atom stereocenters. The van der Waals surface area contributed by atoms with Crippen LogP contribution in [0.15, 0.2) is 60.7 Å². The Kier molecular flexibility index (Phi) is 10.3. The van der Waals surface area contributed by atoms with Gasteiger partial charge in [0.05, 0.1) is 12.0 Å². The molecule has 4 rings (SSSR count). The quantitative estimate of drug-likeness (QED) is 0.280. The minimum Gasteiger partial charge on any atom is -0.465 e. The van der Waals surface area contributed by atoms with Crippen LogP contribution in [0.4, 0.5) is 0 Å². The van der Waals surface area contributed by atoms with Crippen LogP contribution in [0.1, 0.15) is 81.3 Å². The number of rotatable bonds is 10. The molecule has 2 aromatic carbocycles. The topological polar surface area (TPSA) is 29.5 Å². The molecule has 1 saturated heterocycles. The van der Waals surface area contributed by atoms with Gasteiger partial charge in [-0.1, -0.05) is 86.3 Å². The van der Waals surface area contributed by atoms with E-state index in [4.69, 9.17) is 4.74 Å². The Morgan fingerprint density at radius 2 is 1.45 bits per heavy atom. The SMILES string of the molecule is Cl.O=C(OCCCCCCN1CCC(c2ccccc2)CC1)C1(c2ccccc2)CCCC1. The highest BCUT2D eigenvalue weighted by Crippen LogP contribution is 2.42.